The minimum absolute atomic E-state index is 0.121. The van der Waals surface area contributed by atoms with E-state index in [-0.39, 0.29) is 11.9 Å². The molecular formula is C14H16FN3S. The summed E-state index contributed by atoms with van der Waals surface area (Å²) in [6.45, 7) is 2.89. The van der Waals surface area contributed by atoms with Crippen LogP contribution >= 0.6 is 11.8 Å². The maximum Gasteiger partial charge on any atom is 0.136 e. The summed E-state index contributed by atoms with van der Waals surface area (Å²) >= 11 is 1.50. The van der Waals surface area contributed by atoms with Crippen LogP contribution in [0.1, 0.15) is 18.5 Å². The lowest BCUT2D eigenvalue weighted by atomic mass is 10.2. The molecule has 0 aliphatic rings. The predicted octanol–water partition coefficient (Wildman–Crippen LogP) is 3.06. The van der Waals surface area contributed by atoms with E-state index in [9.17, 15) is 4.39 Å². The number of halogens is 1. The van der Waals surface area contributed by atoms with E-state index in [2.05, 4.69) is 15.3 Å². The first-order chi connectivity index (χ1) is 9.31. The van der Waals surface area contributed by atoms with Crippen LogP contribution in [-0.4, -0.2) is 22.3 Å². The lowest BCUT2D eigenvalue weighted by Crippen LogP contribution is -2.23. The van der Waals surface area contributed by atoms with Crippen molar-refractivity contribution in [2.24, 2.45) is 0 Å². The topological polar surface area (TPSA) is 37.8 Å². The number of aromatic nitrogens is 2. The first-order valence-corrected chi connectivity index (χ1v) is 7.15. The van der Waals surface area contributed by atoms with Gasteiger partial charge in [-0.3, -0.25) is 0 Å². The summed E-state index contributed by atoms with van der Waals surface area (Å²) in [6, 6.07) is 6.95. The number of thioether (sulfide) groups is 1. The number of hydrogen-bond donors (Lipinski definition) is 1. The Kier molecular flexibility index (Phi) is 5.30. The fourth-order valence-electron chi connectivity index (χ4n) is 1.74. The average Bonchev–Trinajstić information content (AvgIpc) is 2.46. The van der Waals surface area contributed by atoms with Crippen LogP contribution in [-0.2, 0) is 0 Å². The van der Waals surface area contributed by atoms with Crippen LogP contribution in [0.25, 0.3) is 0 Å². The fraction of sp³-hybridized carbons (Fsp3) is 0.286. The molecule has 0 aliphatic carbocycles. The molecule has 0 aliphatic heterocycles. The standard InChI is InChI=1S/C14H16FN3S/c1-2-18-13(11-7-16-10-17-8-11)9-19-14-6-4-3-5-12(14)15/h3-8,10,13,18H,2,9H2,1H3. The quantitative estimate of drug-likeness (QED) is 0.824. The van der Waals surface area contributed by atoms with E-state index in [1.807, 2.05) is 13.0 Å². The summed E-state index contributed by atoms with van der Waals surface area (Å²) in [5.74, 6) is 0.564. The highest BCUT2D eigenvalue weighted by molar-refractivity contribution is 7.99. The second kappa shape index (κ2) is 7.21. The largest absolute Gasteiger partial charge is 0.309 e. The SMILES string of the molecule is CCNC(CSc1ccccc1F)c1cncnc1. The molecule has 0 saturated carbocycles. The van der Waals surface area contributed by atoms with Crippen molar-refractivity contribution in [2.75, 3.05) is 12.3 Å². The van der Waals surface area contributed by atoms with Crippen molar-refractivity contribution in [3.8, 4) is 0 Å². The molecule has 1 unspecified atom stereocenters. The Bertz CT molecular complexity index is 507. The fourth-order valence-corrected chi connectivity index (χ4v) is 2.78. The van der Waals surface area contributed by atoms with Gasteiger partial charge in [-0.1, -0.05) is 19.1 Å². The van der Waals surface area contributed by atoms with Crippen molar-refractivity contribution in [1.82, 2.24) is 15.3 Å². The molecule has 0 amide bonds. The molecule has 2 rings (SSSR count). The zero-order valence-corrected chi connectivity index (χ0v) is 11.5. The van der Waals surface area contributed by atoms with Crippen molar-refractivity contribution < 1.29 is 4.39 Å². The Hall–Kier alpha value is -1.46. The first kappa shape index (κ1) is 14.0. The Balaban J connectivity index is 2.04. The van der Waals surface area contributed by atoms with Gasteiger partial charge >= 0.3 is 0 Å². The highest BCUT2D eigenvalue weighted by atomic mass is 32.2. The molecule has 1 aromatic carbocycles. The predicted molar refractivity (Wildman–Crippen MR) is 75.6 cm³/mol. The molecule has 0 bridgehead atoms. The van der Waals surface area contributed by atoms with E-state index in [4.69, 9.17) is 0 Å². The van der Waals surface area contributed by atoms with Gasteiger partial charge in [0.1, 0.15) is 12.1 Å². The zero-order valence-electron chi connectivity index (χ0n) is 10.7. The molecule has 19 heavy (non-hydrogen) atoms. The molecule has 5 heteroatoms. The molecule has 0 radical (unpaired) electrons. The maximum absolute atomic E-state index is 13.6. The number of benzene rings is 1. The summed E-state index contributed by atoms with van der Waals surface area (Å²) in [5, 5.41) is 3.37. The van der Waals surface area contributed by atoms with E-state index in [0.29, 0.717) is 4.90 Å². The van der Waals surface area contributed by atoms with Gasteiger partial charge in [-0.15, -0.1) is 11.8 Å². The van der Waals surface area contributed by atoms with Crippen molar-refractivity contribution in [3.05, 3.63) is 54.4 Å². The molecule has 100 valence electrons. The number of nitrogens with one attached hydrogen (secondary N) is 1. The average molecular weight is 277 g/mol. The van der Waals surface area contributed by atoms with Crippen LogP contribution in [0.5, 0.6) is 0 Å². The van der Waals surface area contributed by atoms with Crippen LogP contribution < -0.4 is 5.32 Å². The van der Waals surface area contributed by atoms with Gasteiger partial charge in [-0.25, -0.2) is 14.4 Å². The lowest BCUT2D eigenvalue weighted by molar-refractivity contribution is 0.593. The van der Waals surface area contributed by atoms with Gasteiger partial charge in [0.2, 0.25) is 0 Å². The van der Waals surface area contributed by atoms with Crippen LogP contribution in [0.15, 0.2) is 47.9 Å². The van der Waals surface area contributed by atoms with Gasteiger partial charge in [0.25, 0.3) is 0 Å². The summed E-state index contributed by atoms with van der Waals surface area (Å²) in [5.41, 5.74) is 1.02. The molecule has 1 heterocycles. The van der Waals surface area contributed by atoms with Crippen LogP contribution in [0.3, 0.4) is 0 Å². The van der Waals surface area contributed by atoms with Gasteiger partial charge in [-0.2, -0.15) is 0 Å². The van der Waals surface area contributed by atoms with E-state index in [1.165, 1.54) is 24.2 Å². The highest BCUT2D eigenvalue weighted by Gasteiger charge is 2.12. The summed E-state index contributed by atoms with van der Waals surface area (Å²) < 4.78 is 13.6. The highest BCUT2D eigenvalue weighted by Crippen LogP contribution is 2.26. The molecule has 0 spiro atoms. The van der Waals surface area contributed by atoms with Crippen LogP contribution in [0.4, 0.5) is 4.39 Å². The van der Waals surface area contributed by atoms with E-state index < -0.39 is 0 Å². The molecule has 0 fully saturated rings. The number of hydrogen-bond acceptors (Lipinski definition) is 4. The first-order valence-electron chi connectivity index (χ1n) is 6.17. The Morgan fingerprint density at radius 2 is 2.00 bits per heavy atom. The van der Waals surface area contributed by atoms with Crippen LogP contribution in [0.2, 0.25) is 0 Å². The molecule has 2 aromatic rings. The Labute approximate surface area is 116 Å². The molecule has 1 atom stereocenters. The lowest BCUT2D eigenvalue weighted by Gasteiger charge is -2.17. The number of rotatable bonds is 6. The van der Waals surface area contributed by atoms with E-state index in [1.54, 1.807) is 24.5 Å². The van der Waals surface area contributed by atoms with Crippen molar-refractivity contribution >= 4 is 11.8 Å². The third kappa shape index (κ3) is 4.01. The van der Waals surface area contributed by atoms with E-state index in [0.717, 1.165) is 17.9 Å². The maximum atomic E-state index is 13.6. The Morgan fingerprint density at radius 3 is 2.68 bits per heavy atom. The van der Waals surface area contributed by atoms with Gasteiger partial charge in [0.15, 0.2) is 0 Å². The smallest absolute Gasteiger partial charge is 0.136 e. The monoisotopic (exact) mass is 277 g/mol. The minimum Gasteiger partial charge on any atom is -0.309 e. The van der Waals surface area contributed by atoms with Gasteiger partial charge in [0, 0.05) is 34.6 Å². The second-order valence-electron chi connectivity index (χ2n) is 4.02. The third-order valence-corrected chi connectivity index (χ3v) is 3.82. The van der Waals surface area contributed by atoms with Crippen molar-refractivity contribution in [2.45, 2.75) is 17.9 Å². The van der Waals surface area contributed by atoms with Gasteiger partial charge < -0.3 is 5.32 Å². The second-order valence-corrected chi connectivity index (χ2v) is 5.09. The van der Waals surface area contributed by atoms with Crippen molar-refractivity contribution in [3.63, 3.8) is 0 Å². The molecule has 1 N–H and O–H groups in total. The molecule has 3 nitrogen and oxygen atoms in total. The summed E-state index contributed by atoms with van der Waals surface area (Å²) in [6.07, 6.45) is 5.10. The summed E-state index contributed by atoms with van der Waals surface area (Å²) in [4.78, 5) is 8.72. The van der Waals surface area contributed by atoms with Gasteiger partial charge in [0.05, 0.1) is 0 Å². The zero-order chi connectivity index (χ0) is 13.5. The van der Waals surface area contributed by atoms with Crippen molar-refractivity contribution in [1.29, 1.82) is 0 Å². The Morgan fingerprint density at radius 1 is 1.26 bits per heavy atom. The molecule has 1 aromatic heterocycles. The summed E-state index contributed by atoms with van der Waals surface area (Å²) in [7, 11) is 0. The third-order valence-electron chi connectivity index (χ3n) is 2.68. The van der Waals surface area contributed by atoms with E-state index >= 15 is 0 Å². The normalized spacial score (nSPS) is 12.3. The van der Waals surface area contributed by atoms with Gasteiger partial charge in [-0.05, 0) is 18.7 Å². The number of nitrogens with zero attached hydrogens (tertiary/aromatic N) is 2. The minimum atomic E-state index is -0.174. The molecular weight excluding hydrogens is 261 g/mol. The van der Waals surface area contributed by atoms with Crippen LogP contribution in [0, 0.1) is 5.82 Å². The molecule has 0 saturated heterocycles.